The summed E-state index contributed by atoms with van der Waals surface area (Å²) in [6, 6.07) is 10.3. The van der Waals surface area contributed by atoms with Crippen LogP contribution in [0.3, 0.4) is 0 Å². The molecule has 0 radical (unpaired) electrons. The van der Waals surface area contributed by atoms with Gasteiger partial charge in [0, 0.05) is 30.8 Å². The van der Waals surface area contributed by atoms with Crippen molar-refractivity contribution in [1.29, 1.82) is 0 Å². The lowest BCUT2D eigenvalue weighted by atomic mass is 9.56. The van der Waals surface area contributed by atoms with Gasteiger partial charge in [-0.2, -0.15) is 4.31 Å². The SMILES string of the molecule is COC1(C)CC(C(=O)O)(c2cc(F)c(CN3[C@@H](C)CC[C@H](c4ccccc4)S3(=O)=O)cc2F)C1. The Morgan fingerprint density at radius 2 is 1.79 bits per heavy atom. The summed E-state index contributed by atoms with van der Waals surface area (Å²) in [4.78, 5) is 12.0. The average Bonchev–Trinajstić information content (AvgIpc) is 2.76. The van der Waals surface area contributed by atoms with Crippen LogP contribution in [0.1, 0.15) is 61.5 Å². The first-order valence-corrected chi connectivity index (χ1v) is 12.8. The van der Waals surface area contributed by atoms with Gasteiger partial charge in [-0.25, -0.2) is 17.2 Å². The zero-order chi connectivity index (χ0) is 24.9. The molecule has 1 saturated carbocycles. The van der Waals surface area contributed by atoms with Crippen LogP contribution in [0.4, 0.5) is 8.78 Å². The molecule has 9 heteroatoms. The van der Waals surface area contributed by atoms with E-state index in [0.29, 0.717) is 18.4 Å². The van der Waals surface area contributed by atoms with Gasteiger partial charge in [0.25, 0.3) is 0 Å². The molecule has 0 amide bonds. The normalized spacial score (nSPS) is 31.1. The number of rotatable bonds is 6. The zero-order valence-electron chi connectivity index (χ0n) is 19.4. The molecule has 2 aliphatic rings. The van der Waals surface area contributed by atoms with Crippen LogP contribution in [-0.4, -0.2) is 42.6 Å². The summed E-state index contributed by atoms with van der Waals surface area (Å²) < 4.78 is 63.8. The van der Waals surface area contributed by atoms with Crippen LogP contribution in [0, 0.1) is 11.6 Å². The van der Waals surface area contributed by atoms with Gasteiger partial charge in [-0.3, -0.25) is 4.79 Å². The molecule has 1 heterocycles. The van der Waals surface area contributed by atoms with Crippen molar-refractivity contribution in [3.05, 3.63) is 70.8 Å². The molecule has 0 bridgehead atoms. The second kappa shape index (κ2) is 8.70. The molecule has 1 saturated heterocycles. The molecule has 1 N–H and O–H groups in total. The number of carboxylic acid groups (broad SMARTS) is 1. The van der Waals surface area contributed by atoms with E-state index < -0.39 is 43.9 Å². The number of ether oxygens (including phenoxy) is 1. The van der Waals surface area contributed by atoms with Crippen LogP contribution in [0.25, 0.3) is 0 Å². The van der Waals surface area contributed by atoms with E-state index in [-0.39, 0.29) is 36.6 Å². The van der Waals surface area contributed by atoms with E-state index in [2.05, 4.69) is 0 Å². The largest absolute Gasteiger partial charge is 0.481 e. The van der Waals surface area contributed by atoms with Crippen LogP contribution in [0.2, 0.25) is 0 Å². The molecule has 0 unspecified atom stereocenters. The second-order valence-electron chi connectivity index (χ2n) is 9.73. The maximum Gasteiger partial charge on any atom is 0.314 e. The number of nitrogens with zero attached hydrogens (tertiary/aromatic N) is 1. The Hall–Kier alpha value is -2.36. The molecule has 0 spiro atoms. The fourth-order valence-corrected chi connectivity index (χ4v) is 7.61. The number of hydrogen-bond acceptors (Lipinski definition) is 4. The first-order valence-electron chi connectivity index (χ1n) is 11.3. The minimum absolute atomic E-state index is 0.0117. The summed E-state index contributed by atoms with van der Waals surface area (Å²) in [5.74, 6) is -2.93. The highest BCUT2D eigenvalue weighted by Crippen LogP contribution is 2.53. The maximum atomic E-state index is 15.2. The van der Waals surface area contributed by atoms with Crippen molar-refractivity contribution in [2.24, 2.45) is 0 Å². The third-order valence-corrected chi connectivity index (χ3v) is 9.80. The third kappa shape index (κ3) is 4.03. The predicted molar refractivity (Wildman–Crippen MR) is 123 cm³/mol. The number of methoxy groups -OCH3 is 1. The fraction of sp³-hybridized carbons (Fsp3) is 0.480. The van der Waals surface area contributed by atoms with Crippen molar-refractivity contribution in [2.45, 2.75) is 68.4 Å². The Labute approximate surface area is 198 Å². The molecule has 184 valence electrons. The monoisotopic (exact) mass is 493 g/mol. The van der Waals surface area contributed by atoms with Crippen molar-refractivity contribution in [3.63, 3.8) is 0 Å². The van der Waals surface area contributed by atoms with Gasteiger partial charge in [0.15, 0.2) is 0 Å². The minimum atomic E-state index is -3.83. The Morgan fingerprint density at radius 1 is 1.15 bits per heavy atom. The number of aliphatic carboxylic acids is 1. The summed E-state index contributed by atoms with van der Waals surface area (Å²) >= 11 is 0. The number of sulfonamides is 1. The van der Waals surface area contributed by atoms with Crippen LogP contribution >= 0.6 is 0 Å². The van der Waals surface area contributed by atoms with Crippen molar-refractivity contribution < 1.29 is 31.8 Å². The van der Waals surface area contributed by atoms with Gasteiger partial charge >= 0.3 is 5.97 Å². The van der Waals surface area contributed by atoms with Gasteiger partial charge in [0.1, 0.15) is 22.3 Å². The third-order valence-electron chi connectivity index (χ3n) is 7.43. The Balaban J connectivity index is 1.66. The van der Waals surface area contributed by atoms with E-state index in [1.807, 2.05) is 0 Å². The highest BCUT2D eigenvalue weighted by atomic mass is 32.2. The topological polar surface area (TPSA) is 83.9 Å². The summed E-state index contributed by atoms with van der Waals surface area (Å²) in [7, 11) is -2.37. The zero-order valence-corrected chi connectivity index (χ0v) is 20.2. The van der Waals surface area contributed by atoms with Crippen molar-refractivity contribution >= 4 is 16.0 Å². The van der Waals surface area contributed by atoms with E-state index in [1.54, 1.807) is 44.2 Å². The van der Waals surface area contributed by atoms with Crippen molar-refractivity contribution in [1.82, 2.24) is 4.31 Å². The smallest absolute Gasteiger partial charge is 0.314 e. The molecule has 2 atom stereocenters. The van der Waals surface area contributed by atoms with Crippen LogP contribution in [0.5, 0.6) is 0 Å². The summed E-state index contributed by atoms with van der Waals surface area (Å²) in [6.07, 6.45) is 1.05. The standard InChI is InChI=1S/C25H29F2NO5S/c1-16-9-10-22(17-7-5-4-6-8-17)34(31,32)28(16)13-18-11-21(27)19(12-20(18)26)25(23(29)30)14-24(2,15-25)33-3/h4-8,11-12,16,22H,9-10,13-15H2,1-3H3,(H,29,30)/t16-,22+,24?,25?/m0/s1. The average molecular weight is 494 g/mol. The van der Waals surface area contributed by atoms with Crippen molar-refractivity contribution in [3.8, 4) is 0 Å². The first-order chi connectivity index (χ1) is 15.9. The van der Waals surface area contributed by atoms with Crippen molar-refractivity contribution in [2.75, 3.05) is 7.11 Å². The van der Waals surface area contributed by atoms with E-state index in [9.17, 15) is 18.3 Å². The van der Waals surface area contributed by atoms with Gasteiger partial charge in [-0.1, -0.05) is 30.3 Å². The predicted octanol–water partition coefficient (Wildman–Crippen LogP) is 4.54. The molecule has 2 fully saturated rings. The van der Waals surface area contributed by atoms with Gasteiger partial charge in [-0.05, 0) is 57.2 Å². The Bertz CT molecular complexity index is 1200. The van der Waals surface area contributed by atoms with Gasteiger partial charge in [-0.15, -0.1) is 0 Å². The molecule has 6 nitrogen and oxygen atoms in total. The molecule has 1 aliphatic carbocycles. The lowest BCUT2D eigenvalue weighted by Gasteiger charge is -2.51. The van der Waals surface area contributed by atoms with Crippen LogP contribution < -0.4 is 0 Å². The molecule has 0 aromatic heterocycles. The number of hydrogen-bond donors (Lipinski definition) is 1. The summed E-state index contributed by atoms with van der Waals surface area (Å²) in [6.45, 7) is 3.15. The quantitative estimate of drug-likeness (QED) is 0.639. The second-order valence-corrected chi connectivity index (χ2v) is 11.8. The molecule has 34 heavy (non-hydrogen) atoms. The van der Waals surface area contributed by atoms with Gasteiger partial charge < -0.3 is 9.84 Å². The molecular formula is C25H29F2NO5S. The van der Waals surface area contributed by atoms with E-state index >= 15 is 8.78 Å². The number of carboxylic acids is 1. The number of carbonyl (C=O) groups is 1. The number of halogens is 2. The lowest BCUT2D eigenvalue weighted by Crippen LogP contribution is -2.58. The first kappa shape index (κ1) is 24.8. The molecular weight excluding hydrogens is 464 g/mol. The Kier molecular flexibility index (Phi) is 6.33. The van der Waals surface area contributed by atoms with Gasteiger partial charge in [0.2, 0.25) is 10.0 Å². The highest BCUT2D eigenvalue weighted by Gasteiger charge is 2.59. The number of benzene rings is 2. The summed E-state index contributed by atoms with van der Waals surface area (Å²) in [5.41, 5.74) is -2.02. The molecule has 2 aromatic rings. The molecule has 1 aliphatic heterocycles. The Morgan fingerprint density at radius 3 is 2.38 bits per heavy atom. The van der Waals surface area contributed by atoms with Crippen LogP contribution in [-0.2, 0) is 31.5 Å². The minimum Gasteiger partial charge on any atom is -0.481 e. The molecule has 2 aromatic carbocycles. The lowest BCUT2D eigenvalue weighted by molar-refractivity contribution is -0.167. The van der Waals surface area contributed by atoms with E-state index in [1.165, 1.54) is 11.4 Å². The molecule has 4 rings (SSSR count). The maximum absolute atomic E-state index is 15.2. The van der Waals surface area contributed by atoms with Gasteiger partial charge in [0.05, 0.1) is 5.60 Å². The van der Waals surface area contributed by atoms with Crippen LogP contribution in [0.15, 0.2) is 42.5 Å². The highest BCUT2D eigenvalue weighted by molar-refractivity contribution is 7.89. The van der Waals surface area contributed by atoms with E-state index in [0.717, 1.165) is 12.1 Å². The fourth-order valence-electron chi connectivity index (χ4n) is 5.42. The summed E-state index contributed by atoms with van der Waals surface area (Å²) in [5, 5.41) is 9.06. The van der Waals surface area contributed by atoms with E-state index in [4.69, 9.17) is 4.74 Å².